The maximum absolute atomic E-state index is 13.3. The third-order valence-corrected chi connectivity index (χ3v) is 8.25. The van der Waals surface area contributed by atoms with E-state index in [9.17, 15) is 13.2 Å². The van der Waals surface area contributed by atoms with Crippen molar-refractivity contribution in [1.29, 1.82) is 0 Å². The van der Waals surface area contributed by atoms with Crippen LogP contribution in [0.1, 0.15) is 17.8 Å². The van der Waals surface area contributed by atoms with Gasteiger partial charge in [-0.3, -0.25) is 14.4 Å². The van der Waals surface area contributed by atoms with E-state index in [1.165, 1.54) is 30.6 Å². The van der Waals surface area contributed by atoms with Crippen LogP contribution in [0.5, 0.6) is 5.75 Å². The highest BCUT2D eigenvalue weighted by molar-refractivity contribution is 7.91. The molecule has 0 aliphatic carbocycles. The number of benzene rings is 2. The zero-order valence-electron chi connectivity index (χ0n) is 19.3. The standard InChI is InChI=1S/C24H26N4O4S2/c1-17-16-18(2)28(26-17)14-13-27(24-25-21-6-4-5-7-22(21)33-24)23(29)12-15-34(30,31)20-10-8-19(32-3)9-11-20/h4-11,16H,12-15H2,1-3H3. The predicted octanol–water partition coefficient (Wildman–Crippen LogP) is 4.02. The first-order valence-corrected chi connectivity index (χ1v) is 13.3. The molecule has 4 rings (SSSR count). The molecule has 0 fully saturated rings. The fraction of sp³-hybridized carbons (Fsp3) is 0.292. The van der Waals surface area contributed by atoms with Crippen LogP contribution in [-0.4, -0.2) is 48.5 Å². The molecule has 0 N–H and O–H groups in total. The lowest BCUT2D eigenvalue weighted by Gasteiger charge is -2.20. The van der Waals surface area contributed by atoms with Gasteiger partial charge in [-0.15, -0.1) is 0 Å². The van der Waals surface area contributed by atoms with Crippen molar-refractivity contribution in [2.24, 2.45) is 0 Å². The van der Waals surface area contributed by atoms with Crippen LogP contribution in [-0.2, 0) is 21.2 Å². The van der Waals surface area contributed by atoms with Crippen LogP contribution in [0.3, 0.4) is 0 Å². The molecule has 4 aromatic rings. The lowest BCUT2D eigenvalue weighted by molar-refractivity contribution is -0.118. The van der Waals surface area contributed by atoms with Gasteiger partial charge in [0.05, 0.1) is 40.2 Å². The second kappa shape index (κ2) is 9.94. The monoisotopic (exact) mass is 498 g/mol. The summed E-state index contributed by atoms with van der Waals surface area (Å²) < 4.78 is 33.5. The van der Waals surface area contributed by atoms with Crippen LogP contribution < -0.4 is 9.64 Å². The molecule has 0 aliphatic rings. The lowest BCUT2D eigenvalue weighted by Crippen LogP contribution is -2.35. The molecule has 178 valence electrons. The average molecular weight is 499 g/mol. The summed E-state index contributed by atoms with van der Waals surface area (Å²) in [5, 5.41) is 5.02. The van der Waals surface area contributed by atoms with E-state index in [0.717, 1.165) is 21.6 Å². The molecule has 2 aromatic heterocycles. The summed E-state index contributed by atoms with van der Waals surface area (Å²) in [4.78, 5) is 19.7. The molecular formula is C24H26N4O4S2. The number of para-hydroxylation sites is 1. The summed E-state index contributed by atoms with van der Waals surface area (Å²) in [5.74, 6) is -0.0155. The van der Waals surface area contributed by atoms with Gasteiger partial charge >= 0.3 is 0 Å². The Labute approximate surface area is 202 Å². The number of carbonyl (C=O) groups excluding carboxylic acids is 1. The van der Waals surface area contributed by atoms with Crippen molar-refractivity contribution < 1.29 is 17.9 Å². The maximum Gasteiger partial charge on any atom is 0.229 e. The lowest BCUT2D eigenvalue weighted by atomic mass is 10.3. The Hall–Kier alpha value is -3.24. The van der Waals surface area contributed by atoms with E-state index in [1.54, 1.807) is 17.0 Å². The number of ether oxygens (including phenoxy) is 1. The van der Waals surface area contributed by atoms with Crippen molar-refractivity contribution in [2.75, 3.05) is 24.3 Å². The number of methoxy groups -OCH3 is 1. The molecule has 2 heterocycles. The first-order chi connectivity index (χ1) is 16.3. The van der Waals surface area contributed by atoms with Gasteiger partial charge < -0.3 is 4.74 Å². The second-order valence-corrected chi connectivity index (χ2v) is 11.0. The minimum absolute atomic E-state index is 0.151. The van der Waals surface area contributed by atoms with Crippen LogP contribution in [0.25, 0.3) is 10.2 Å². The molecule has 0 saturated carbocycles. The van der Waals surface area contributed by atoms with Gasteiger partial charge in [0.25, 0.3) is 0 Å². The number of anilines is 1. The number of aromatic nitrogens is 3. The first kappa shape index (κ1) is 23.9. The number of hydrogen-bond donors (Lipinski definition) is 0. The number of nitrogens with zero attached hydrogens (tertiary/aromatic N) is 4. The van der Waals surface area contributed by atoms with E-state index in [4.69, 9.17) is 4.74 Å². The summed E-state index contributed by atoms with van der Waals surface area (Å²) in [6.45, 7) is 4.70. The van der Waals surface area contributed by atoms with Gasteiger partial charge in [0.2, 0.25) is 5.91 Å². The Morgan fingerprint density at radius 2 is 1.85 bits per heavy atom. The summed E-state index contributed by atoms with van der Waals surface area (Å²) >= 11 is 1.41. The Morgan fingerprint density at radius 3 is 2.50 bits per heavy atom. The minimum atomic E-state index is -3.63. The molecular weight excluding hydrogens is 472 g/mol. The Morgan fingerprint density at radius 1 is 1.12 bits per heavy atom. The number of hydrogen-bond acceptors (Lipinski definition) is 7. The van der Waals surface area contributed by atoms with E-state index in [2.05, 4.69) is 10.1 Å². The number of aryl methyl sites for hydroxylation is 2. The zero-order chi connectivity index (χ0) is 24.3. The summed E-state index contributed by atoms with van der Waals surface area (Å²) in [7, 11) is -2.11. The molecule has 0 bridgehead atoms. The predicted molar refractivity (Wildman–Crippen MR) is 133 cm³/mol. The molecule has 0 spiro atoms. The van der Waals surface area contributed by atoms with Crippen LogP contribution in [0.2, 0.25) is 0 Å². The molecule has 34 heavy (non-hydrogen) atoms. The second-order valence-electron chi connectivity index (χ2n) is 7.90. The van der Waals surface area contributed by atoms with Gasteiger partial charge in [-0.1, -0.05) is 23.5 Å². The number of fused-ring (bicyclic) bond motifs is 1. The summed E-state index contributed by atoms with van der Waals surface area (Å²) in [6, 6.07) is 15.8. The van der Waals surface area contributed by atoms with Gasteiger partial charge in [-0.05, 0) is 56.3 Å². The largest absolute Gasteiger partial charge is 0.497 e. The molecule has 10 heteroatoms. The van der Waals surface area contributed by atoms with E-state index in [1.807, 2.05) is 48.9 Å². The highest BCUT2D eigenvalue weighted by Gasteiger charge is 2.23. The molecule has 1 amide bonds. The van der Waals surface area contributed by atoms with Gasteiger partial charge in [-0.25, -0.2) is 13.4 Å². The van der Waals surface area contributed by atoms with Crippen molar-refractivity contribution in [2.45, 2.75) is 31.7 Å². The minimum Gasteiger partial charge on any atom is -0.497 e. The van der Waals surface area contributed by atoms with Gasteiger partial charge in [0.1, 0.15) is 5.75 Å². The molecule has 0 aliphatic heterocycles. The number of rotatable bonds is 9. The third-order valence-electron chi connectivity index (χ3n) is 5.46. The van der Waals surface area contributed by atoms with Crippen molar-refractivity contribution in [1.82, 2.24) is 14.8 Å². The number of carbonyl (C=O) groups is 1. The maximum atomic E-state index is 13.3. The fourth-order valence-corrected chi connectivity index (χ4v) is 5.89. The molecule has 0 unspecified atom stereocenters. The highest BCUT2D eigenvalue weighted by Crippen LogP contribution is 2.29. The fourth-order valence-electron chi connectivity index (χ4n) is 3.66. The number of thiazole rings is 1. The van der Waals surface area contributed by atoms with E-state index >= 15 is 0 Å². The molecule has 0 atom stereocenters. The Kier molecular flexibility index (Phi) is 6.99. The van der Waals surface area contributed by atoms with Crippen molar-refractivity contribution in [3.8, 4) is 5.75 Å². The smallest absolute Gasteiger partial charge is 0.229 e. The average Bonchev–Trinajstić information content (AvgIpc) is 3.40. The van der Waals surface area contributed by atoms with Gasteiger partial charge in [0, 0.05) is 18.7 Å². The third kappa shape index (κ3) is 5.28. The Balaban J connectivity index is 1.54. The van der Waals surface area contributed by atoms with Crippen molar-refractivity contribution in [3.05, 3.63) is 66.0 Å². The van der Waals surface area contributed by atoms with Crippen LogP contribution >= 0.6 is 11.3 Å². The quantitative estimate of drug-likeness (QED) is 0.346. The topological polar surface area (TPSA) is 94.4 Å². The Bertz CT molecular complexity index is 1380. The molecule has 0 saturated heterocycles. The van der Waals surface area contributed by atoms with E-state index < -0.39 is 9.84 Å². The molecule has 0 radical (unpaired) electrons. The summed E-state index contributed by atoms with van der Waals surface area (Å²) in [6.07, 6.45) is -0.151. The van der Waals surface area contributed by atoms with Crippen LogP contribution in [0.4, 0.5) is 5.13 Å². The van der Waals surface area contributed by atoms with Crippen molar-refractivity contribution in [3.63, 3.8) is 0 Å². The first-order valence-electron chi connectivity index (χ1n) is 10.8. The van der Waals surface area contributed by atoms with E-state index in [0.29, 0.717) is 24.0 Å². The van der Waals surface area contributed by atoms with Crippen LogP contribution in [0, 0.1) is 13.8 Å². The molecule has 2 aromatic carbocycles. The van der Waals surface area contributed by atoms with Crippen molar-refractivity contribution >= 4 is 42.4 Å². The van der Waals surface area contributed by atoms with Gasteiger partial charge in [-0.2, -0.15) is 5.10 Å². The number of amides is 1. The number of sulfone groups is 1. The van der Waals surface area contributed by atoms with E-state index in [-0.39, 0.29) is 23.0 Å². The zero-order valence-corrected chi connectivity index (χ0v) is 20.9. The highest BCUT2D eigenvalue weighted by atomic mass is 32.2. The van der Waals surface area contributed by atoms with Crippen LogP contribution in [0.15, 0.2) is 59.5 Å². The summed E-state index contributed by atoms with van der Waals surface area (Å²) in [5.41, 5.74) is 2.70. The SMILES string of the molecule is COc1ccc(S(=O)(=O)CCC(=O)N(CCn2nc(C)cc2C)c2nc3ccccc3s2)cc1. The normalized spacial score (nSPS) is 11.6. The molecule has 8 nitrogen and oxygen atoms in total. The van der Waals surface area contributed by atoms with Gasteiger partial charge in [0.15, 0.2) is 15.0 Å².